The Hall–Kier alpha value is -1.73. The fourth-order valence-electron chi connectivity index (χ4n) is 4.05. The summed E-state index contributed by atoms with van der Waals surface area (Å²) in [5.74, 6) is 2.30. The standard InChI is InChI=1S/C18H28N6O/c19-16(10-14-11-20-12-21-14)18-22-17(13-6-8-25-9-7-13)23-24(18)15-4-2-1-3-5-15/h11-13,15-16H,1-10,19H2,(H,20,21). The molecule has 25 heavy (non-hydrogen) atoms. The second kappa shape index (κ2) is 7.66. The largest absolute Gasteiger partial charge is 0.381 e. The fourth-order valence-corrected chi connectivity index (χ4v) is 4.05. The molecule has 0 amide bonds. The average Bonchev–Trinajstić information content (AvgIpc) is 3.33. The number of nitrogens with two attached hydrogens (primary N) is 1. The smallest absolute Gasteiger partial charge is 0.154 e. The molecule has 7 heteroatoms. The molecule has 0 radical (unpaired) electrons. The second-order valence-corrected chi connectivity index (χ2v) is 7.34. The molecule has 2 fully saturated rings. The third-order valence-electron chi connectivity index (χ3n) is 5.51. The van der Waals surface area contributed by atoms with Crippen LogP contribution >= 0.6 is 0 Å². The van der Waals surface area contributed by atoms with Gasteiger partial charge < -0.3 is 15.5 Å². The Morgan fingerprint density at radius 1 is 1.20 bits per heavy atom. The van der Waals surface area contributed by atoms with E-state index < -0.39 is 0 Å². The average molecular weight is 344 g/mol. The number of nitrogens with one attached hydrogen (secondary N) is 1. The summed E-state index contributed by atoms with van der Waals surface area (Å²) in [5.41, 5.74) is 7.58. The Kier molecular flexibility index (Phi) is 5.12. The third kappa shape index (κ3) is 3.77. The molecule has 0 aromatic carbocycles. The lowest BCUT2D eigenvalue weighted by atomic mass is 9.95. The Balaban J connectivity index is 1.60. The summed E-state index contributed by atoms with van der Waals surface area (Å²) in [7, 11) is 0. The zero-order valence-corrected chi connectivity index (χ0v) is 14.7. The molecule has 3 heterocycles. The highest BCUT2D eigenvalue weighted by molar-refractivity contribution is 5.09. The maximum Gasteiger partial charge on any atom is 0.154 e. The van der Waals surface area contributed by atoms with Gasteiger partial charge in [0.25, 0.3) is 0 Å². The van der Waals surface area contributed by atoms with Crippen LogP contribution in [0.15, 0.2) is 12.5 Å². The van der Waals surface area contributed by atoms with Crippen LogP contribution in [-0.2, 0) is 11.2 Å². The molecule has 1 unspecified atom stereocenters. The number of hydrogen-bond donors (Lipinski definition) is 2. The zero-order valence-electron chi connectivity index (χ0n) is 14.7. The predicted molar refractivity (Wildman–Crippen MR) is 94.2 cm³/mol. The lowest BCUT2D eigenvalue weighted by Gasteiger charge is -2.24. The number of hydrogen-bond acceptors (Lipinski definition) is 5. The van der Waals surface area contributed by atoms with Gasteiger partial charge in [0.05, 0.1) is 18.4 Å². The molecule has 136 valence electrons. The first kappa shape index (κ1) is 16.7. The second-order valence-electron chi connectivity index (χ2n) is 7.34. The number of ether oxygens (including phenoxy) is 1. The first-order chi connectivity index (χ1) is 12.3. The number of aromatic nitrogens is 5. The number of H-pyrrole nitrogens is 1. The lowest BCUT2D eigenvalue weighted by molar-refractivity contribution is 0.0834. The van der Waals surface area contributed by atoms with Gasteiger partial charge in [0, 0.05) is 37.4 Å². The van der Waals surface area contributed by atoms with Crippen LogP contribution in [0.5, 0.6) is 0 Å². The van der Waals surface area contributed by atoms with Crippen molar-refractivity contribution < 1.29 is 4.74 Å². The van der Waals surface area contributed by atoms with Crippen LogP contribution in [0.3, 0.4) is 0 Å². The Bertz CT molecular complexity index is 655. The molecule has 0 spiro atoms. The predicted octanol–water partition coefficient (Wildman–Crippen LogP) is 2.64. The third-order valence-corrected chi connectivity index (χ3v) is 5.51. The van der Waals surface area contributed by atoms with Crippen molar-refractivity contribution >= 4 is 0 Å². The van der Waals surface area contributed by atoms with E-state index in [0.29, 0.717) is 18.4 Å². The summed E-state index contributed by atoms with van der Waals surface area (Å²) in [6.45, 7) is 1.61. The molecule has 2 aromatic heterocycles. The summed E-state index contributed by atoms with van der Waals surface area (Å²) in [5, 5.41) is 4.95. The molecule has 1 atom stereocenters. The Labute approximate surface area is 148 Å². The molecule has 0 bridgehead atoms. The molecule has 3 N–H and O–H groups in total. The summed E-state index contributed by atoms with van der Waals surface area (Å²) in [6, 6.07) is 0.279. The Morgan fingerprint density at radius 3 is 2.72 bits per heavy atom. The van der Waals surface area contributed by atoms with Crippen LogP contribution in [0.4, 0.5) is 0 Å². The summed E-state index contributed by atoms with van der Waals surface area (Å²) in [6.07, 6.45) is 12.5. The van der Waals surface area contributed by atoms with E-state index in [4.69, 9.17) is 20.6 Å². The zero-order chi connectivity index (χ0) is 17.1. The van der Waals surface area contributed by atoms with Gasteiger partial charge in [-0.15, -0.1) is 0 Å². The number of nitrogens with zero attached hydrogens (tertiary/aromatic N) is 4. The highest BCUT2D eigenvalue weighted by Crippen LogP contribution is 2.32. The normalized spacial score (nSPS) is 21.5. The quantitative estimate of drug-likeness (QED) is 0.869. The van der Waals surface area contributed by atoms with Gasteiger partial charge in [-0.3, -0.25) is 0 Å². The van der Waals surface area contributed by atoms with Crippen molar-refractivity contribution in [3.8, 4) is 0 Å². The monoisotopic (exact) mass is 344 g/mol. The SMILES string of the molecule is NC(Cc1cnc[nH]1)c1nc(C2CCOCC2)nn1C1CCCCC1. The maximum absolute atomic E-state index is 6.54. The van der Waals surface area contributed by atoms with Crippen LogP contribution < -0.4 is 5.73 Å². The van der Waals surface area contributed by atoms with Crippen LogP contribution in [0.25, 0.3) is 0 Å². The Morgan fingerprint density at radius 2 is 2.00 bits per heavy atom. The van der Waals surface area contributed by atoms with E-state index in [2.05, 4.69) is 14.6 Å². The minimum absolute atomic E-state index is 0.163. The molecule has 7 nitrogen and oxygen atoms in total. The highest BCUT2D eigenvalue weighted by Gasteiger charge is 2.28. The summed E-state index contributed by atoms with van der Waals surface area (Å²) < 4.78 is 7.65. The first-order valence-corrected chi connectivity index (χ1v) is 9.58. The van der Waals surface area contributed by atoms with Gasteiger partial charge in [-0.1, -0.05) is 19.3 Å². The van der Waals surface area contributed by atoms with Crippen molar-refractivity contribution in [2.45, 2.75) is 69.4 Å². The molecule has 2 aliphatic rings. The molecule has 2 aromatic rings. The van der Waals surface area contributed by atoms with Crippen LogP contribution in [0.1, 0.15) is 80.3 Å². The van der Waals surface area contributed by atoms with Crippen LogP contribution in [-0.4, -0.2) is 37.9 Å². The number of imidazole rings is 1. The number of rotatable bonds is 5. The molecule has 1 aliphatic heterocycles. The van der Waals surface area contributed by atoms with E-state index in [1.54, 1.807) is 6.33 Å². The minimum atomic E-state index is -0.163. The molecule has 1 aliphatic carbocycles. The van der Waals surface area contributed by atoms with Crippen molar-refractivity contribution in [2.24, 2.45) is 5.73 Å². The van der Waals surface area contributed by atoms with E-state index >= 15 is 0 Å². The molecular weight excluding hydrogens is 316 g/mol. The van der Waals surface area contributed by atoms with Gasteiger partial charge in [0.2, 0.25) is 0 Å². The fraction of sp³-hybridized carbons (Fsp3) is 0.722. The van der Waals surface area contributed by atoms with E-state index in [9.17, 15) is 0 Å². The van der Waals surface area contributed by atoms with Gasteiger partial charge in [0.15, 0.2) is 5.82 Å². The minimum Gasteiger partial charge on any atom is -0.381 e. The highest BCUT2D eigenvalue weighted by atomic mass is 16.5. The van der Waals surface area contributed by atoms with Gasteiger partial charge in [-0.2, -0.15) is 5.10 Å². The van der Waals surface area contributed by atoms with Gasteiger partial charge >= 0.3 is 0 Å². The van der Waals surface area contributed by atoms with Crippen LogP contribution in [0, 0.1) is 0 Å². The lowest BCUT2D eigenvalue weighted by Crippen LogP contribution is -2.23. The van der Waals surface area contributed by atoms with E-state index in [-0.39, 0.29) is 6.04 Å². The molecule has 1 saturated heterocycles. The topological polar surface area (TPSA) is 94.6 Å². The molecule has 1 saturated carbocycles. The number of aromatic amines is 1. The van der Waals surface area contributed by atoms with Crippen LogP contribution in [0.2, 0.25) is 0 Å². The van der Waals surface area contributed by atoms with E-state index in [0.717, 1.165) is 43.4 Å². The summed E-state index contributed by atoms with van der Waals surface area (Å²) >= 11 is 0. The van der Waals surface area contributed by atoms with Crippen molar-refractivity contribution in [3.63, 3.8) is 0 Å². The van der Waals surface area contributed by atoms with E-state index in [1.165, 1.54) is 32.1 Å². The van der Waals surface area contributed by atoms with Gasteiger partial charge in [-0.05, 0) is 25.7 Å². The maximum atomic E-state index is 6.54. The first-order valence-electron chi connectivity index (χ1n) is 9.58. The van der Waals surface area contributed by atoms with E-state index in [1.807, 2.05) is 6.20 Å². The van der Waals surface area contributed by atoms with Crippen molar-refractivity contribution in [1.82, 2.24) is 24.7 Å². The summed E-state index contributed by atoms with van der Waals surface area (Å²) in [4.78, 5) is 12.2. The molecule has 4 rings (SSSR count). The van der Waals surface area contributed by atoms with Gasteiger partial charge in [-0.25, -0.2) is 14.6 Å². The van der Waals surface area contributed by atoms with Gasteiger partial charge in [0.1, 0.15) is 5.82 Å². The van der Waals surface area contributed by atoms with Crippen molar-refractivity contribution in [3.05, 3.63) is 29.9 Å². The van der Waals surface area contributed by atoms with Crippen molar-refractivity contribution in [1.29, 1.82) is 0 Å². The van der Waals surface area contributed by atoms with Crippen molar-refractivity contribution in [2.75, 3.05) is 13.2 Å². The molecular formula is C18H28N6O.